The van der Waals surface area contributed by atoms with Crippen LogP contribution in [0.25, 0.3) is 0 Å². The second-order valence-electron chi connectivity index (χ2n) is 4.38. The molecular weight excluding hydrogens is 219 g/mol. The molecule has 0 fully saturated rings. The minimum absolute atomic E-state index is 0.147. The van der Waals surface area contributed by atoms with Crippen molar-refractivity contribution in [3.8, 4) is 0 Å². The van der Waals surface area contributed by atoms with Crippen LogP contribution >= 0.6 is 0 Å². The second kappa shape index (κ2) is 4.85. The van der Waals surface area contributed by atoms with Crippen LogP contribution in [-0.2, 0) is 12.8 Å². The van der Waals surface area contributed by atoms with E-state index < -0.39 is 7.05 Å². The van der Waals surface area contributed by atoms with Crippen LogP contribution in [0.1, 0.15) is 11.1 Å². The van der Waals surface area contributed by atoms with Gasteiger partial charge in [-0.25, -0.2) is 0 Å². The highest BCUT2D eigenvalue weighted by Gasteiger charge is 2.21. The van der Waals surface area contributed by atoms with Gasteiger partial charge in [-0.1, -0.05) is 6.07 Å². The van der Waals surface area contributed by atoms with Gasteiger partial charge in [-0.3, -0.25) is 10.1 Å². The standard InChI is InChI=1S/C11H15BN2O3/c1-12(15)13-6-4-9-2-3-11(14(16)17)8-10(9)5-7-13/h2-3,8,15H,4-7H2,1H3. The van der Waals surface area contributed by atoms with Crippen molar-refractivity contribution in [2.45, 2.75) is 19.7 Å². The summed E-state index contributed by atoms with van der Waals surface area (Å²) < 4.78 is 0. The van der Waals surface area contributed by atoms with E-state index in [1.807, 2.05) is 10.9 Å². The summed E-state index contributed by atoms with van der Waals surface area (Å²) in [5.74, 6) is 0. The largest absolute Gasteiger partial charge is 0.437 e. The van der Waals surface area contributed by atoms with E-state index in [1.165, 1.54) is 0 Å². The van der Waals surface area contributed by atoms with Crippen LogP contribution in [0, 0.1) is 10.1 Å². The highest BCUT2D eigenvalue weighted by atomic mass is 16.6. The Morgan fingerprint density at radius 2 is 2.00 bits per heavy atom. The van der Waals surface area contributed by atoms with Crippen LogP contribution in [0.2, 0.25) is 6.82 Å². The Bertz CT molecular complexity index is 437. The van der Waals surface area contributed by atoms with Gasteiger partial charge in [-0.15, -0.1) is 0 Å². The molecule has 5 nitrogen and oxygen atoms in total. The molecule has 1 heterocycles. The Hall–Kier alpha value is -1.40. The zero-order chi connectivity index (χ0) is 12.4. The number of nitro groups is 1. The third-order valence-electron chi connectivity index (χ3n) is 3.27. The van der Waals surface area contributed by atoms with Crippen molar-refractivity contribution < 1.29 is 9.95 Å². The van der Waals surface area contributed by atoms with Gasteiger partial charge in [0.1, 0.15) is 0 Å². The average Bonchev–Trinajstić information content (AvgIpc) is 2.50. The molecule has 0 saturated carbocycles. The summed E-state index contributed by atoms with van der Waals surface area (Å²) in [5, 5.41) is 20.2. The normalized spacial score (nSPS) is 16.1. The lowest BCUT2D eigenvalue weighted by Gasteiger charge is -2.19. The van der Waals surface area contributed by atoms with Crippen molar-refractivity contribution in [3.05, 3.63) is 39.4 Å². The first-order valence-electron chi connectivity index (χ1n) is 5.76. The predicted octanol–water partition coefficient (Wildman–Crippen LogP) is 1.11. The minimum atomic E-state index is -0.459. The quantitative estimate of drug-likeness (QED) is 0.472. The lowest BCUT2D eigenvalue weighted by Crippen LogP contribution is -2.38. The Kier molecular flexibility index (Phi) is 3.45. The third-order valence-corrected chi connectivity index (χ3v) is 3.27. The molecule has 0 bridgehead atoms. The maximum absolute atomic E-state index is 10.7. The van der Waals surface area contributed by atoms with Crippen LogP contribution in [0.5, 0.6) is 0 Å². The first-order chi connectivity index (χ1) is 8.08. The Labute approximate surface area is 100 Å². The highest BCUT2D eigenvalue weighted by molar-refractivity contribution is 6.45. The number of nitrogens with zero attached hydrogens (tertiary/aromatic N) is 2. The van der Waals surface area contributed by atoms with E-state index in [0.29, 0.717) is 0 Å². The van der Waals surface area contributed by atoms with Crippen molar-refractivity contribution in [3.63, 3.8) is 0 Å². The maximum Gasteiger partial charge on any atom is 0.376 e. The lowest BCUT2D eigenvalue weighted by atomic mass is 9.85. The molecule has 1 aromatic rings. The first kappa shape index (κ1) is 12.1. The summed E-state index contributed by atoms with van der Waals surface area (Å²) in [6, 6.07) is 5.04. The van der Waals surface area contributed by atoms with Crippen molar-refractivity contribution in [1.29, 1.82) is 0 Å². The average molecular weight is 234 g/mol. The molecule has 90 valence electrons. The fourth-order valence-corrected chi connectivity index (χ4v) is 2.22. The molecule has 0 atom stereocenters. The van der Waals surface area contributed by atoms with Crippen LogP contribution in [-0.4, -0.2) is 34.9 Å². The summed E-state index contributed by atoms with van der Waals surface area (Å²) in [6.45, 7) is 3.28. The Morgan fingerprint density at radius 3 is 2.59 bits per heavy atom. The van der Waals surface area contributed by atoms with Gasteiger partial charge in [-0.2, -0.15) is 0 Å². The van der Waals surface area contributed by atoms with E-state index in [2.05, 4.69) is 0 Å². The molecule has 0 spiro atoms. The monoisotopic (exact) mass is 234 g/mol. The maximum atomic E-state index is 10.7. The highest BCUT2D eigenvalue weighted by Crippen LogP contribution is 2.21. The summed E-state index contributed by atoms with van der Waals surface area (Å²) in [7, 11) is -0.459. The molecule has 1 aromatic carbocycles. The van der Waals surface area contributed by atoms with Gasteiger partial charge in [0.25, 0.3) is 5.69 Å². The topological polar surface area (TPSA) is 66.6 Å². The SMILES string of the molecule is CB(O)N1CCc2ccc([N+](=O)[O-])cc2CC1. The Balaban J connectivity index is 2.22. The van der Waals surface area contributed by atoms with E-state index in [-0.39, 0.29) is 10.6 Å². The second-order valence-corrected chi connectivity index (χ2v) is 4.38. The molecular formula is C11H15BN2O3. The summed E-state index contributed by atoms with van der Waals surface area (Å²) in [4.78, 5) is 12.3. The summed E-state index contributed by atoms with van der Waals surface area (Å²) >= 11 is 0. The van der Waals surface area contributed by atoms with Crippen molar-refractivity contribution in [2.75, 3.05) is 13.1 Å². The molecule has 6 heteroatoms. The number of rotatable bonds is 2. The minimum Gasteiger partial charge on any atom is -0.437 e. The van der Waals surface area contributed by atoms with E-state index in [9.17, 15) is 15.1 Å². The van der Waals surface area contributed by atoms with E-state index >= 15 is 0 Å². The number of fused-ring (bicyclic) bond motifs is 1. The molecule has 0 radical (unpaired) electrons. The van der Waals surface area contributed by atoms with Gasteiger partial charge < -0.3 is 9.83 Å². The predicted molar refractivity (Wildman–Crippen MR) is 65.9 cm³/mol. The molecule has 0 saturated heterocycles. The van der Waals surface area contributed by atoms with Gasteiger partial charge in [0, 0.05) is 12.1 Å². The third kappa shape index (κ3) is 2.65. The number of benzene rings is 1. The molecule has 2 rings (SSSR count). The molecule has 1 aliphatic rings. The zero-order valence-electron chi connectivity index (χ0n) is 9.80. The fraction of sp³-hybridized carbons (Fsp3) is 0.455. The zero-order valence-corrected chi connectivity index (χ0v) is 9.80. The molecule has 1 aliphatic heterocycles. The molecule has 0 aliphatic carbocycles. The lowest BCUT2D eigenvalue weighted by molar-refractivity contribution is -0.384. The molecule has 0 unspecified atom stereocenters. The van der Waals surface area contributed by atoms with Gasteiger partial charge in [0.2, 0.25) is 0 Å². The van der Waals surface area contributed by atoms with Crippen LogP contribution in [0.4, 0.5) is 5.69 Å². The summed E-state index contributed by atoms with van der Waals surface area (Å²) in [6.07, 6.45) is 1.58. The van der Waals surface area contributed by atoms with Crippen LogP contribution in [0.3, 0.4) is 0 Å². The summed E-state index contributed by atoms with van der Waals surface area (Å²) in [5.41, 5.74) is 2.33. The molecule has 0 amide bonds. The van der Waals surface area contributed by atoms with Gasteiger partial charge in [0.05, 0.1) is 4.92 Å². The van der Waals surface area contributed by atoms with Gasteiger partial charge >= 0.3 is 7.05 Å². The molecule has 17 heavy (non-hydrogen) atoms. The number of hydrogen-bond acceptors (Lipinski definition) is 4. The van der Waals surface area contributed by atoms with Crippen LogP contribution < -0.4 is 0 Å². The number of hydrogen-bond donors (Lipinski definition) is 1. The fourth-order valence-electron chi connectivity index (χ4n) is 2.22. The smallest absolute Gasteiger partial charge is 0.376 e. The number of non-ortho nitro benzene ring substituents is 1. The molecule has 0 aromatic heterocycles. The van der Waals surface area contributed by atoms with E-state index in [4.69, 9.17) is 0 Å². The first-order valence-corrected chi connectivity index (χ1v) is 5.76. The van der Waals surface area contributed by atoms with E-state index in [0.717, 1.165) is 37.1 Å². The molecule has 1 N–H and O–H groups in total. The number of nitro benzene ring substituents is 1. The van der Waals surface area contributed by atoms with Crippen molar-refractivity contribution in [1.82, 2.24) is 4.81 Å². The van der Waals surface area contributed by atoms with Gasteiger partial charge in [0.15, 0.2) is 0 Å². The van der Waals surface area contributed by atoms with Crippen molar-refractivity contribution in [2.24, 2.45) is 0 Å². The van der Waals surface area contributed by atoms with Crippen LogP contribution in [0.15, 0.2) is 18.2 Å². The van der Waals surface area contributed by atoms with Gasteiger partial charge in [-0.05, 0) is 43.9 Å². The van der Waals surface area contributed by atoms with Crippen molar-refractivity contribution >= 4 is 12.7 Å². The Morgan fingerprint density at radius 1 is 1.35 bits per heavy atom. The van der Waals surface area contributed by atoms with E-state index in [1.54, 1.807) is 19.0 Å².